The number of anilines is 2. The molecule has 0 unspecified atom stereocenters. The van der Waals surface area contributed by atoms with Gasteiger partial charge in [0.25, 0.3) is 0 Å². The highest BCUT2D eigenvalue weighted by molar-refractivity contribution is 5.66. The van der Waals surface area contributed by atoms with Gasteiger partial charge in [-0.1, -0.05) is 34.6 Å². The zero-order valence-corrected chi connectivity index (χ0v) is 11.8. The van der Waals surface area contributed by atoms with Crippen LogP contribution in [0.2, 0.25) is 0 Å². The van der Waals surface area contributed by atoms with Gasteiger partial charge in [0.05, 0.1) is 11.4 Å². The van der Waals surface area contributed by atoms with Crippen LogP contribution in [0, 0.1) is 10.8 Å². The lowest BCUT2D eigenvalue weighted by Gasteiger charge is -2.09. The Morgan fingerprint density at radius 3 is 2.18 bits per heavy atom. The molecule has 1 fully saturated rings. The van der Waals surface area contributed by atoms with Crippen molar-refractivity contribution in [3.05, 3.63) is 5.69 Å². The summed E-state index contributed by atoms with van der Waals surface area (Å²) in [5, 5.41) is 8.00. The minimum Gasteiger partial charge on any atom is -0.394 e. The molecule has 1 aromatic heterocycles. The maximum atomic E-state index is 6.12. The number of nitrogens with zero attached hydrogens (tertiary/aromatic N) is 2. The predicted octanol–water partition coefficient (Wildman–Crippen LogP) is 2.41. The number of nitrogens with two attached hydrogens (primary N) is 1. The van der Waals surface area contributed by atoms with Gasteiger partial charge in [0.2, 0.25) is 0 Å². The van der Waals surface area contributed by atoms with Gasteiger partial charge in [-0.3, -0.25) is 4.68 Å². The molecule has 1 heterocycles. The highest BCUT2D eigenvalue weighted by atomic mass is 15.3. The van der Waals surface area contributed by atoms with E-state index in [4.69, 9.17) is 5.73 Å². The number of nitrogen functional groups attached to an aromatic ring is 1. The molecule has 1 aromatic rings. The van der Waals surface area contributed by atoms with E-state index in [1.54, 1.807) is 0 Å². The van der Waals surface area contributed by atoms with Gasteiger partial charge in [0, 0.05) is 13.1 Å². The van der Waals surface area contributed by atoms with Crippen LogP contribution in [-0.2, 0) is 13.5 Å². The SMILES string of the molecule is CCc1nn(C)c(NC2C(C)(C)C2(C)C)c1N. The van der Waals surface area contributed by atoms with Crippen molar-refractivity contribution in [3.8, 4) is 0 Å². The van der Waals surface area contributed by atoms with Crippen LogP contribution in [0.5, 0.6) is 0 Å². The maximum Gasteiger partial charge on any atom is 0.148 e. The molecule has 96 valence electrons. The van der Waals surface area contributed by atoms with Gasteiger partial charge in [-0.15, -0.1) is 0 Å². The smallest absolute Gasteiger partial charge is 0.148 e. The van der Waals surface area contributed by atoms with E-state index in [0.29, 0.717) is 16.9 Å². The highest BCUT2D eigenvalue weighted by Crippen LogP contribution is 2.63. The lowest BCUT2D eigenvalue weighted by molar-refractivity contribution is 0.457. The average Bonchev–Trinajstić information content (AvgIpc) is 2.50. The number of nitrogens with one attached hydrogen (secondary N) is 1. The van der Waals surface area contributed by atoms with E-state index >= 15 is 0 Å². The van der Waals surface area contributed by atoms with E-state index in [2.05, 4.69) is 45.0 Å². The van der Waals surface area contributed by atoms with E-state index in [9.17, 15) is 0 Å². The molecule has 0 atom stereocenters. The Morgan fingerprint density at radius 2 is 1.82 bits per heavy atom. The highest BCUT2D eigenvalue weighted by Gasteiger charge is 2.65. The number of hydrogen-bond donors (Lipinski definition) is 2. The second-order valence-electron chi connectivity index (χ2n) is 6.21. The molecule has 3 N–H and O–H groups in total. The Morgan fingerprint density at radius 1 is 1.29 bits per heavy atom. The van der Waals surface area contributed by atoms with Gasteiger partial charge in [-0.25, -0.2) is 0 Å². The van der Waals surface area contributed by atoms with Gasteiger partial charge in [-0.05, 0) is 17.3 Å². The number of rotatable bonds is 3. The first-order valence-electron chi connectivity index (χ1n) is 6.31. The van der Waals surface area contributed by atoms with E-state index in [1.807, 2.05) is 11.7 Å². The molecule has 0 aliphatic heterocycles. The van der Waals surface area contributed by atoms with Gasteiger partial charge < -0.3 is 11.1 Å². The predicted molar refractivity (Wildman–Crippen MR) is 72.0 cm³/mol. The fourth-order valence-corrected chi connectivity index (χ4v) is 2.72. The number of aryl methyl sites for hydroxylation is 2. The topological polar surface area (TPSA) is 55.9 Å². The standard InChI is InChI=1S/C13H24N4/c1-7-8-9(14)10(17(6)16-8)15-11-12(2,3)13(11,4)5/h11,15H,7,14H2,1-6H3. The molecule has 0 aromatic carbocycles. The normalized spacial score (nSPS) is 21.5. The quantitative estimate of drug-likeness (QED) is 0.847. The fraction of sp³-hybridized carbons (Fsp3) is 0.769. The fourth-order valence-electron chi connectivity index (χ4n) is 2.72. The molecule has 0 bridgehead atoms. The van der Waals surface area contributed by atoms with E-state index < -0.39 is 0 Å². The Balaban J connectivity index is 2.24. The molecule has 17 heavy (non-hydrogen) atoms. The molecular formula is C13H24N4. The zero-order valence-electron chi connectivity index (χ0n) is 11.8. The van der Waals surface area contributed by atoms with Crippen molar-refractivity contribution in [1.82, 2.24) is 9.78 Å². The van der Waals surface area contributed by atoms with Crippen LogP contribution in [0.15, 0.2) is 0 Å². The van der Waals surface area contributed by atoms with Crippen molar-refractivity contribution < 1.29 is 0 Å². The summed E-state index contributed by atoms with van der Waals surface area (Å²) in [5.41, 5.74) is 8.50. The van der Waals surface area contributed by atoms with E-state index in [1.165, 1.54) is 0 Å². The van der Waals surface area contributed by atoms with Crippen LogP contribution in [0.1, 0.15) is 40.3 Å². The molecule has 1 aliphatic rings. The molecule has 2 rings (SSSR count). The van der Waals surface area contributed by atoms with Crippen LogP contribution >= 0.6 is 0 Å². The van der Waals surface area contributed by atoms with Crippen molar-refractivity contribution in [2.45, 2.75) is 47.1 Å². The van der Waals surface area contributed by atoms with Crippen LogP contribution in [-0.4, -0.2) is 15.8 Å². The minimum atomic E-state index is 0.302. The van der Waals surface area contributed by atoms with Gasteiger partial charge in [-0.2, -0.15) is 5.10 Å². The maximum absolute atomic E-state index is 6.12. The second-order valence-corrected chi connectivity index (χ2v) is 6.21. The molecule has 0 saturated heterocycles. The first-order valence-corrected chi connectivity index (χ1v) is 6.31. The van der Waals surface area contributed by atoms with Crippen molar-refractivity contribution >= 4 is 11.5 Å². The summed E-state index contributed by atoms with van der Waals surface area (Å²) in [7, 11) is 1.94. The Kier molecular flexibility index (Phi) is 2.46. The molecule has 0 radical (unpaired) electrons. The van der Waals surface area contributed by atoms with Gasteiger partial charge in [0.15, 0.2) is 0 Å². The monoisotopic (exact) mass is 236 g/mol. The molecule has 4 heteroatoms. The third kappa shape index (κ3) is 1.53. The van der Waals surface area contributed by atoms with Crippen LogP contribution in [0.25, 0.3) is 0 Å². The third-order valence-electron chi connectivity index (χ3n) is 4.80. The summed E-state index contributed by atoms with van der Waals surface area (Å²) in [6, 6.07) is 0.456. The summed E-state index contributed by atoms with van der Waals surface area (Å²) >= 11 is 0. The first-order chi connectivity index (χ1) is 7.73. The van der Waals surface area contributed by atoms with Crippen molar-refractivity contribution in [2.75, 3.05) is 11.1 Å². The van der Waals surface area contributed by atoms with Crippen molar-refractivity contribution in [2.24, 2.45) is 17.9 Å². The Labute approximate surface area is 104 Å². The largest absolute Gasteiger partial charge is 0.394 e. The molecular weight excluding hydrogens is 212 g/mol. The summed E-state index contributed by atoms with van der Waals surface area (Å²) in [6.45, 7) is 11.2. The molecule has 4 nitrogen and oxygen atoms in total. The van der Waals surface area contributed by atoms with Gasteiger partial charge >= 0.3 is 0 Å². The summed E-state index contributed by atoms with van der Waals surface area (Å²) in [4.78, 5) is 0. The van der Waals surface area contributed by atoms with Gasteiger partial charge in [0.1, 0.15) is 5.82 Å². The van der Waals surface area contributed by atoms with Crippen LogP contribution < -0.4 is 11.1 Å². The Hall–Kier alpha value is -1.19. The van der Waals surface area contributed by atoms with Crippen molar-refractivity contribution in [3.63, 3.8) is 0 Å². The summed E-state index contributed by atoms with van der Waals surface area (Å²) in [6.07, 6.45) is 0.874. The van der Waals surface area contributed by atoms with Crippen molar-refractivity contribution in [1.29, 1.82) is 0 Å². The molecule has 0 amide bonds. The molecule has 1 aliphatic carbocycles. The number of hydrogen-bond acceptors (Lipinski definition) is 3. The molecule has 1 saturated carbocycles. The number of aromatic nitrogens is 2. The first kappa shape index (κ1) is 12.3. The average molecular weight is 236 g/mol. The lowest BCUT2D eigenvalue weighted by Crippen LogP contribution is -2.14. The lowest BCUT2D eigenvalue weighted by atomic mass is 10.0. The third-order valence-corrected chi connectivity index (χ3v) is 4.80. The molecule has 0 spiro atoms. The van der Waals surface area contributed by atoms with E-state index in [-0.39, 0.29) is 0 Å². The van der Waals surface area contributed by atoms with Crippen LogP contribution in [0.3, 0.4) is 0 Å². The zero-order chi connectivity index (χ0) is 13.0. The summed E-state index contributed by atoms with van der Waals surface area (Å²) < 4.78 is 1.86. The Bertz CT molecular complexity index is 429. The van der Waals surface area contributed by atoms with Crippen LogP contribution in [0.4, 0.5) is 11.5 Å². The second kappa shape index (κ2) is 3.40. The van der Waals surface area contributed by atoms with E-state index in [0.717, 1.165) is 23.6 Å². The summed E-state index contributed by atoms with van der Waals surface area (Å²) in [5.74, 6) is 0.963. The minimum absolute atomic E-state index is 0.302.